The zero-order chi connectivity index (χ0) is 16.3. The van der Waals surface area contributed by atoms with Crippen LogP contribution in [0, 0.1) is 6.92 Å². The molecule has 1 aliphatic rings. The summed E-state index contributed by atoms with van der Waals surface area (Å²) in [6.07, 6.45) is 1.64. The molecule has 1 heterocycles. The van der Waals surface area contributed by atoms with Crippen molar-refractivity contribution in [2.75, 3.05) is 18.9 Å². The number of rotatable bonds is 3. The van der Waals surface area contributed by atoms with Crippen molar-refractivity contribution in [2.24, 2.45) is 0 Å². The van der Waals surface area contributed by atoms with Crippen molar-refractivity contribution in [3.63, 3.8) is 0 Å². The third kappa shape index (κ3) is 4.55. The highest BCUT2D eigenvalue weighted by atomic mass is 16.6. The van der Waals surface area contributed by atoms with E-state index in [0.29, 0.717) is 12.3 Å². The number of aryl methyl sites for hydroxylation is 1. The number of carbonyl (C=O) groups excluding carboxylic acids is 1. The number of amides is 1. The molecule has 0 aliphatic carbocycles. The van der Waals surface area contributed by atoms with Gasteiger partial charge in [-0.1, -0.05) is 0 Å². The number of nitrogens with zero attached hydrogens (tertiary/aromatic N) is 1. The van der Waals surface area contributed by atoms with Crippen LogP contribution >= 0.6 is 0 Å². The number of anilines is 1. The first-order valence-corrected chi connectivity index (χ1v) is 7.74. The van der Waals surface area contributed by atoms with Gasteiger partial charge in [0, 0.05) is 18.3 Å². The second kappa shape index (κ2) is 6.46. The molecular weight excluding hydrogens is 280 g/mol. The summed E-state index contributed by atoms with van der Waals surface area (Å²) in [6.45, 7) is 8.79. The predicted octanol–water partition coefficient (Wildman–Crippen LogP) is 3.36. The molecule has 2 N–H and O–H groups in total. The Morgan fingerprint density at radius 2 is 2.09 bits per heavy atom. The third-order valence-electron chi connectivity index (χ3n) is 3.52. The molecule has 1 amide bonds. The molecule has 0 bridgehead atoms. The van der Waals surface area contributed by atoms with Gasteiger partial charge in [0.25, 0.3) is 0 Å². The SMILES string of the molecule is Cc1cc(N)cc(OC[C@H]2CCCN2C(=O)OC(C)(C)C)c1. The second-order valence-electron chi connectivity index (χ2n) is 6.86. The van der Waals surface area contributed by atoms with E-state index in [4.69, 9.17) is 15.2 Å². The van der Waals surface area contributed by atoms with E-state index < -0.39 is 5.60 Å². The molecule has 0 aromatic heterocycles. The fraction of sp³-hybridized carbons (Fsp3) is 0.588. The molecule has 0 saturated carbocycles. The minimum atomic E-state index is -0.476. The van der Waals surface area contributed by atoms with E-state index in [1.807, 2.05) is 39.8 Å². The standard InChI is InChI=1S/C17H26N2O3/c1-12-8-13(18)10-15(9-12)21-11-14-6-5-7-19(14)16(20)22-17(2,3)4/h8-10,14H,5-7,11,18H2,1-4H3/t14-/m1/s1. The van der Waals surface area contributed by atoms with E-state index in [2.05, 4.69) is 0 Å². The number of nitrogen functional groups attached to an aromatic ring is 1. The molecule has 1 saturated heterocycles. The number of nitrogens with two attached hydrogens (primary N) is 1. The normalized spacial score (nSPS) is 18.4. The lowest BCUT2D eigenvalue weighted by molar-refractivity contribution is 0.0187. The van der Waals surface area contributed by atoms with Crippen LogP contribution in [0.25, 0.3) is 0 Å². The van der Waals surface area contributed by atoms with E-state index in [9.17, 15) is 4.79 Å². The number of hydrogen-bond acceptors (Lipinski definition) is 4. The summed E-state index contributed by atoms with van der Waals surface area (Å²) in [5, 5.41) is 0. The van der Waals surface area contributed by atoms with Gasteiger partial charge in [-0.2, -0.15) is 0 Å². The third-order valence-corrected chi connectivity index (χ3v) is 3.52. The van der Waals surface area contributed by atoms with Gasteiger partial charge in [-0.3, -0.25) is 0 Å². The van der Waals surface area contributed by atoms with Gasteiger partial charge < -0.3 is 20.1 Å². The van der Waals surface area contributed by atoms with Crippen LogP contribution in [-0.2, 0) is 4.74 Å². The summed E-state index contributed by atoms with van der Waals surface area (Å²) in [5.74, 6) is 0.744. The van der Waals surface area contributed by atoms with Gasteiger partial charge >= 0.3 is 6.09 Å². The van der Waals surface area contributed by atoms with Crippen LogP contribution in [-0.4, -0.2) is 35.8 Å². The average Bonchev–Trinajstić information content (AvgIpc) is 2.81. The molecule has 0 unspecified atom stereocenters. The minimum absolute atomic E-state index is 0.0524. The summed E-state index contributed by atoms with van der Waals surface area (Å²) in [7, 11) is 0. The molecule has 1 aromatic carbocycles. The smallest absolute Gasteiger partial charge is 0.410 e. The Kier molecular flexibility index (Phi) is 4.84. The maximum atomic E-state index is 12.2. The van der Waals surface area contributed by atoms with E-state index in [1.165, 1.54) is 0 Å². The zero-order valence-corrected chi connectivity index (χ0v) is 13.9. The summed E-state index contributed by atoms with van der Waals surface area (Å²) in [4.78, 5) is 14.0. The second-order valence-corrected chi connectivity index (χ2v) is 6.86. The van der Waals surface area contributed by atoms with Crippen LogP contribution in [0.2, 0.25) is 0 Å². The lowest BCUT2D eigenvalue weighted by Crippen LogP contribution is -2.42. The molecule has 0 spiro atoms. The van der Waals surface area contributed by atoms with Crippen molar-refractivity contribution in [1.82, 2.24) is 4.90 Å². The van der Waals surface area contributed by atoms with Gasteiger partial charge in [0.1, 0.15) is 18.0 Å². The van der Waals surface area contributed by atoms with E-state index >= 15 is 0 Å². The highest BCUT2D eigenvalue weighted by Crippen LogP contribution is 2.23. The molecule has 1 aromatic rings. The Morgan fingerprint density at radius 3 is 2.73 bits per heavy atom. The molecule has 1 aliphatic heterocycles. The lowest BCUT2D eigenvalue weighted by atomic mass is 10.2. The average molecular weight is 306 g/mol. The number of likely N-dealkylation sites (tertiary alicyclic amines) is 1. The molecule has 5 heteroatoms. The first-order valence-electron chi connectivity index (χ1n) is 7.74. The summed E-state index contributed by atoms with van der Waals surface area (Å²) >= 11 is 0. The zero-order valence-electron chi connectivity index (χ0n) is 13.9. The molecule has 2 rings (SSSR count). The number of carbonyl (C=O) groups is 1. The van der Waals surface area contributed by atoms with Gasteiger partial charge in [0.2, 0.25) is 0 Å². The van der Waals surface area contributed by atoms with Crippen molar-refractivity contribution in [3.05, 3.63) is 23.8 Å². The Morgan fingerprint density at radius 1 is 1.36 bits per heavy atom. The van der Waals surface area contributed by atoms with Gasteiger partial charge in [-0.25, -0.2) is 4.79 Å². The number of ether oxygens (including phenoxy) is 2. The summed E-state index contributed by atoms with van der Waals surface area (Å²) < 4.78 is 11.3. The van der Waals surface area contributed by atoms with Crippen molar-refractivity contribution < 1.29 is 14.3 Å². The minimum Gasteiger partial charge on any atom is -0.491 e. The molecular formula is C17H26N2O3. The molecule has 122 valence electrons. The van der Waals surface area contributed by atoms with Gasteiger partial charge in [0.05, 0.1) is 6.04 Å². The van der Waals surface area contributed by atoms with E-state index in [-0.39, 0.29) is 12.1 Å². The molecule has 0 radical (unpaired) electrons. The Labute approximate surface area is 132 Å². The highest BCUT2D eigenvalue weighted by Gasteiger charge is 2.32. The fourth-order valence-corrected chi connectivity index (χ4v) is 2.62. The molecule has 22 heavy (non-hydrogen) atoms. The van der Waals surface area contributed by atoms with Crippen LogP contribution in [0.4, 0.5) is 10.5 Å². The van der Waals surface area contributed by atoms with E-state index in [0.717, 1.165) is 30.7 Å². The molecule has 1 fully saturated rings. The first-order chi connectivity index (χ1) is 10.2. The first kappa shape index (κ1) is 16.5. The maximum absolute atomic E-state index is 12.2. The van der Waals surface area contributed by atoms with Gasteiger partial charge in [-0.05, 0) is 58.2 Å². The quantitative estimate of drug-likeness (QED) is 0.870. The van der Waals surface area contributed by atoms with Crippen LogP contribution in [0.3, 0.4) is 0 Å². The van der Waals surface area contributed by atoms with Crippen molar-refractivity contribution in [3.8, 4) is 5.75 Å². The van der Waals surface area contributed by atoms with Crippen LogP contribution in [0.1, 0.15) is 39.2 Å². The van der Waals surface area contributed by atoms with Crippen LogP contribution in [0.15, 0.2) is 18.2 Å². The molecule has 5 nitrogen and oxygen atoms in total. The van der Waals surface area contributed by atoms with Crippen LogP contribution in [0.5, 0.6) is 5.75 Å². The van der Waals surface area contributed by atoms with Crippen molar-refractivity contribution in [1.29, 1.82) is 0 Å². The lowest BCUT2D eigenvalue weighted by Gasteiger charge is -2.28. The highest BCUT2D eigenvalue weighted by molar-refractivity contribution is 5.69. The van der Waals surface area contributed by atoms with Crippen LogP contribution < -0.4 is 10.5 Å². The molecule has 1 atom stereocenters. The van der Waals surface area contributed by atoms with Gasteiger partial charge in [0.15, 0.2) is 0 Å². The topological polar surface area (TPSA) is 64.8 Å². The van der Waals surface area contributed by atoms with Crippen molar-refractivity contribution >= 4 is 11.8 Å². The largest absolute Gasteiger partial charge is 0.491 e. The Hall–Kier alpha value is -1.91. The fourth-order valence-electron chi connectivity index (χ4n) is 2.62. The predicted molar refractivity (Wildman–Crippen MR) is 87.0 cm³/mol. The number of hydrogen-bond donors (Lipinski definition) is 1. The van der Waals surface area contributed by atoms with Crippen molar-refractivity contribution in [2.45, 2.75) is 52.2 Å². The monoisotopic (exact) mass is 306 g/mol. The number of benzene rings is 1. The van der Waals surface area contributed by atoms with E-state index in [1.54, 1.807) is 11.0 Å². The summed E-state index contributed by atoms with van der Waals surface area (Å²) in [5.41, 5.74) is 7.09. The van der Waals surface area contributed by atoms with Gasteiger partial charge in [-0.15, -0.1) is 0 Å². The Balaban J connectivity index is 1.95. The Bertz CT molecular complexity index is 517. The maximum Gasteiger partial charge on any atom is 0.410 e. The summed E-state index contributed by atoms with van der Waals surface area (Å²) in [6, 6.07) is 5.70.